The summed E-state index contributed by atoms with van der Waals surface area (Å²) in [7, 11) is 1.40. The molecule has 0 spiro atoms. The zero-order valence-electron chi connectivity index (χ0n) is 16.3. The molecule has 0 aliphatic carbocycles. The van der Waals surface area contributed by atoms with Gasteiger partial charge in [-0.05, 0) is 60.6 Å². The molecule has 0 unspecified atom stereocenters. The molecule has 4 rings (SSSR count). The molecular formula is C24H23NO4. The molecular weight excluding hydrogens is 366 g/mol. The van der Waals surface area contributed by atoms with Crippen molar-refractivity contribution in [2.75, 3.05) is 13.7 Å². The Hall–Kier alpha value is -3.34. The Morgan fingerprint density at radius 2 is 2.00 bits per heavy atom. The monoisotopic (exact) mass is 389 g/mol. The summed E-state index contributed by atoms with van der Waals surface area (Å²) in [6.07, 6.45) is 5.98. The van der Waals surface area contributed by atoms with Crippen LogP contribution in [0.25, 0.3) is 0 Å². The number of esters is 1. The van der Waals surface area contributed by atoms with E-state index in [1.54, 1.807) is 18.5 Å². The number of pyridine rings is 1. The molecule has 0 amide bonds. The second-order valence-corrected chi connectivity index (χ2v) is 7.01. The van der Waals surface area contributed by atoms with Gasteiger partial charge in [-0.25, -0.2) is 4.79 Å². The molecule has 148 valence electrons. The molecule has 0 fully saturated rings. The molecule has 2 aromatic carbocycles. The molecule has 3 aromatic rings. The fourth-order valence-corrected chi connectivity index (χ4v) is 3.70. The molecule has 0 saturated carbocycles. The van der Waals surface area contributed by atoms with Crippen LogP contribution in [0.1, 0.15) is 40.2 Å². The van der Waals surface area contributed by atoms with Crippen molar-refractivity contribution in [1.29, 1.82) is 0 Å². The summed E-state index contributed by atoms with van der Waals surface area (Å²) in [5.74, 6) is 2.46. The van der Waals surface area contributed by atoms with E-state index in [9.17, 15) is 4.79 Å². The molecule has 2 heterocycles. The maximum absolute atomic E-state index is 12.0. The van der Waals surface area contributed by atoms with E-state index >= 15 is 0 Å². The number of hydrogen-bond donors (Lipinski definition) is 0. The number of carbonyl (C=O) groups excluding carboxylic acids is 1. The van der Waals surface area contributed by atoms with Crippen LogP contribution in [-0.2, 0) is 11.2 Å². The number of hydrogen-bond acceptors (Lipinski definition) is 5. The van der Waals surface area contributed by atoms with Crippen LogP contribution >= 0.6 is 0 Å². The minimum atomic E-state index is -0.322. The second-order valence-electron chi connectivity index (χ2n) is 7.01. The predicted molar refractivity (Wildman–Crippen MR) is 110 cm³/mol. The lowest BCUT2D eigenvalue weighted by Gasteiger charge is -2.26. The van der Waals surface area contributed by atoms with Gasteiger partial charge in [0.25, 0.3) is 0 Å². The molecule has 0 N–H and O–H groups in total. The van der Waals surface area contributed by atoms with Crippen molar-refractivity contribution < 1.29 is 19.0 Å². The van der Waals surface area contributed by atoms with Crippen LogP contribution in [0.2, 0.25) is 0 Å². The number of aromatic nitrogens is 1. The van der Waals surface area contributed by atoms with E-state index in [2.05, 4.69) is 11.1 Å². The number of benzene rings is 2. The van der Waals surface area contributed by atoms with Crippen molar-refractivity contribution in [2.45, 2.75) is 25.2 Å². The number of nitrogens with zero attached hydrogens (tertiary/aromatic N) is 1. The van der Waals surface area contributed by atoms with Crippen molar-refractivity contribution in [3.05, 3.63) is 83.7 Å². The Morgan fingerprint density at radius 1 is 1.14 bits per heavy atom. The lowest BCUT2D eigenvalue weighted by Crippen LogP contribution is -2.15. The van der Waals surface area contributed by atoms with E-state index < -0.39 is 0 Å². The molecule has 1 aromatic heterocycles. The summed E-state index contributed by atoms with van der Waals surface area (Å²) in [5, 5.41) is 0. The van der Waals surface area contributed by atoms with E-state index in [4.69, 9.17) is 14.2 Å². The molecule has 0 radical (unpaired) electrons. The summed E-state index contributed by atoms with van der Waals surface area (Å²) >= 11 is 0. The fraction of sp³-hybridized carbons (Fsp3) is 0.250. The van der Waals surface area contributed by atoms with Crippen LogP contribution in [0, 0.1) is 0 Å². The summed E-state index contributed by atoms with van der Waals surface area (Å²) in [6, 6.07) is 17.4. The molecule has 5 heteroatoms. The summed E-state index contributed by atoms with van der Waals surface area (Å²) in [6.45, 7) is 0.670. The minimum Gasteiger partial charge on any atom is -0.493 e. The minimum absolute atomic E-state index is 0.322. The van der Waals surface area contributed by atoms with Gasteiger partial charge in [0, 0.05) is 18.5 Å². The Bertz CT molecular complexity index is 987. The number of para-hydroxylation sites is 1. The van der Waals surface area contributed by atoms with E-state index in [0.717, 1.165) is 42.1 Å². The van der Waals surface area contributed by atoms with Gasteiger partial charge in [0.2, 0.25) is 0 Å². The third kappa shape index (κ3) is 4.40. The molecule has 1 aliphatic heterocycles. The highest BCUT2D eigenvalue weighted by molar-refractivity contribution is 5.90. The van der Waals surface area contributed by atoms with Crippen molar-refractivity contribution in [1.82, 2.24) is 4.98 Å². The first-order valence-electron chi connectivity index (χ1n) is 9.75. The highest BCUT2D eigenvalue weighted by Crippen LogP contribution is 2.39. The predicted octanol–water partition coefficient (Wildman–Crippen LogP) is 5.16. The van der Waals surface area contributed by atoms with Crippen molar-refractivity contribution in [3.63, 3.8) is 0 Å². The lowest BCUT2D eigenvalue weighted by atomic mass is 9.87. The van der Waals surface area contributed by atoms with Crippen LogP contribution in [0.4, 0.5) is 0 Å². The second kappa shape index (κ2) is 8.78. The van der Waals surface area contributed by atoms with Gasteiger partial charge in [-0.3, -0.25) is 4.98 Å². The Kier molecular flexibility index (Phi) is 5.75. The lowest BCUT2D eigenvalue weighted by molar-refractivity contribution is 0.0599. The highest BCUT2D eigenvalue weighted by Gasteiger charge is 2.23. The van der Waals surface area contributed by atoms with Crippen LogP contribution < -0.4 is 9.47 Å². The standard InChI is InChI=1S/C24H23NO4/c1-27-24(26)22-11-13-25-16-18(22)8-7-17-12-14-28-23-15-20(9-10-21(17)23)29-19-5-3-2-4-6-19/h2-6,9-11,13,15-17H,7-8,12,14H2,1H3/t17-/m0/s1. The van der Waals surface area contributed by atoms with Crippen LogP contribution in [0.15, 0.2) is 67.0 Å². The number of rotatable bonds is 6. The summed E-state index contributed by atoms with van der Waals surface area (Å²) < 4.78 is 16.7. The number of fused-ring (bicyclic) bond motifs is 1. The summed E-state index contributed by atoms with van der Waals surface area (Å²) in [5.41, 5.74) is 2.68. The third-order valence-electron chi connectivity index (χ3n) is 5.20. The topological polar surface area (TPSA) is 57.7 Å². The van der Waals surface area contributed by atoms with Gasteiger partial charge in [-0.15, -0.1) is 0 Å². The fourth-order valence-electron chi connectivity index (χ4n) is 3.70. The third-order valence-corrected chi connectivity index (χ3v) is 5.20. The SMILES string of the molecule is COC(=O)c1ccncc1CC[C@H]1CCOc2cc(Oc3ccccc3)ccc21. The summed E-state index contributed by atoms with van der Waals surface area (Å²) in [4.78, 5) is 16.2. The number of ether oxygens (including phenoxy) is 3. The van der Waals surface area contributed by atoms with Gasteiger partial charge < -0.3 is 14.2 Å². The Balaban J connectivity index is 1.48. The van der Waals surface area contributed by atoms with Crippen LogP contribution in [-0.4, -0.2) is 24.7 Å². The zero-order chi connectivity index (χ0) is 20.1. The first kappa shape index (κ1) is 19.0. The van der Waals surface area contributed by atoms with Crippen LogP contribution in [0.3, 0.4) is 0 Å². The quantitative estimate of drug-likeness (QED) is 0.545. The first-order valence-corrected chi connectivity index (χ1v) is 9.75. The number of carbonyl (C=O) groups is 1. The van der Waals surface area contributed by atoms with Crippen molar-refractivity contribution in [3.8, 4) is 17.2 Å². The first-order chi connectivity index (χ1) is 14.2. The van der Waals surface area contributed by atoms with Gasteiger partial charge in [-0.2, -0.15) is 0 Å². The van der Waals surface area contributed by atoms with Crippen molar-refractivity contribution in [2.24, 2.45) is 0 Å². The van der Waals surface area contributed by atoms with Gasteiger partial charge in [-0.1, -0.05) is 24.3 Å². The maximum Gasteiger partial charge on any atom is 0.338 e. The van der Waals surface area contributed by atoms with Crippen LogP contribution in [0.5, 0.6) is 17.2 Å². The van der Waals surface area contributed by atoms with E-state index in [-0.39, 0.29) is 5.97 Å². The van der Waals surface area contributed by atoms with Gasteiger partial charge >= 0.3 is 5.97 Å². The van der Waals surface area contributed by atoms with Crippen molar-refractivity contribution >= 4 is 5.97 Å². The molecule has 29 heavy (non-hydrogen) atoms. The number of methoxy groups -OCH3 is 1. The normalized spacial score (nSPS) is 15.1. The molecule has 1 aliphatic rings. The largest absolute Gasteiger partial charge is 0.493 e. The average Bonchev–Trinajstić information content (AvgIpc) is 2.78. The average molecular weight is 389 g/mol. The maximum atomic E-state index is 12.0. The molecule has 1 atom stereocenters. The van der Waals surface area contributed by atoms with E-state index in [0.29, 0.717) is 18.1 Å². The van der Waals surface area contributed by atoms with E-state index in [1.807, 2.05) is 42.5 Å². The smallest absolute Gasteiger partial charge is 0.338 e. The molecule has 0 saturated heterocycles. The highest BCUT2D eigenvalue weighted by atomic mass is 16.5. The van der Waals surface area contributed by atoms with Gasteiger partial charge in [0.05, 0.1) is 19.3 Å². The Labute approximate surface area is 170 Å². The zero-order valence-corrected chi connectivity index (χ0v) is 16.3. The Morgan fingerprint density at radius 3 is 2.83 bits per heavy atom. The van der Waals surface area contributed by atoms with Gasteiger partial charge in [0.1, 0.15) is 17.2 Å². The van der Waals surface area contributed by atoms with Gasteiger partial charge in [0.15, 0.2) is 0 Å². The molecule has 0 bridgehead atoms. The van der Waals surface area contributed by atoms with E-state index in [1.165, 1.54) is 12.7 Å². The molecule has 5 nitrogen and oxygen atoms in total. The number of aryl methyl sites for hydroxylation is 1.